The Kier molecular flexibility index (Phi) is 4.79. The Balaban J connectivity index is 2.10. The minimum absolute atomic E-state index is 0.0255. The van der Waals surface area contributed by atoms with Gasteiger partial charge in [0.25, 0.3) is 0 Å². The average molecular weight is 282 g/mol. The maximum Gasteiger partial charge on any atom is 0.200 e. The molecule has 0 N–H and O–H groups in total. The monoisotopic (exact) mass is 282 g/mol. The molecule has 2 aromatic carbocycles. The van der Waals surface area contributed by atoms with Gasteiger partial charge in [-0.25, -0.2) is 0 Å². The van der Waals surface area contributed by atoms with E-state index in [1.54, 1.807) is 0 Å². The molecule has 0 bridgehead atoms. The fraction of sp³-hybridized carbons (Fsp3) is 0.316. The van der Waals surface area contributed by atoms with Crippen LogP contribution in [0.5, 0.6) is 5.75 Å². The number of hydrogen-bond donors (Lipinski definition) is 0. The molecule has 2 rings (SSSR count). The first-order valence-electron chi connectivity index (χ1n) is 7.34. The van der Waals surface area contributed by atoms with Gasteiger partial charge in [-0.1, -0.05) is 25.1 Å². The highest BCUT2D eigenvalue weighted by atomic mass is 16.5. The molecule has 0 saturated heterocycles. The maximum absolute atomic E-state index is 12.3. The van der Waals surface area contributed by atoms with Gasteiger partial charge < -0.3 is 4.74 Å². The van der Waals surface area contributed by atoms with E-state index in [4.69, 9.17) is 4.74 Å². The zero-order valence-corrected chi connectivity index (χ0v) is 13.2. The molecule has 21 heavy (non-hydrogen) atoms. The van der Waals surface area contributed by atoms with Crippen molar-refractivity contribution < 1.29 is 9.53 Å². The fourth-order valence-electron chi connectivity index (χ4n) is 2.34. The van der Waals surface area contributed by atoms with Crippen molar-refractivity contribution in [3.63, 3.8) is 0 Å². The van der Waals surface area contributed by atoms with Crippen LogP contribution in [0.25, 0.3) is 0 Å². The SMILES string of the molecule is CCc1cccc(OCC(=O)c2cc(C)c(C)cc2C)c1. The van der Waals surface area contributed by atoms with Gasteiger partial charge in [-0.3, -0.25) is 4.79 Å². The lowest BCUT2D eigenvalue weighted by Gasteiger charge is -2.10. The number of aryl methyl sites for hydroxylation is 4. The Hall–Kier alpha value is -2.09. The quantitative estimate of drug-likeness (QED) is 0.758. The fourth-order valence-corrected chi connectivity index (χ4v) is 2.34. The topological polar surface area (TPSA) is 26.3 Å². The largest absolute Gasteiger partial charge is 0.485 e. The minimum atomic E-state index is 0.0255. The van der Waals surface area contributed by atoms with Gasteiger partial charge in [0.2, 0.25) is 0 Å². The lowest BCUT2D eigenvalue weighted by molar-refractivity contribution is 0.0920. The van der Waals surface area contributed by atoms with Gasteiger partial charge >= 0.3 is 0 Å². The first-order chi connectivity index (χ1) is 10.0. The number of hydrogen-bond acceptors (Lipinski definition) is 2. The third-order valence-corrected chi connectivity index (χ3v) is 3.82. The Morgan fingerprint density at radius 3 is 2.43 bits per heavy atom. The Labute approximate surface area is 126 Å². The molecule has 0 atom stereocenters. The summed E-state index contributed by atoms with van der Waals surface area (Å²) in [5.41, 5.74) is 5.32. The molecule has 0 heterocycles. The van der Waals surface area contributed by atoms with Crippen molar-refractivity contribution in [1.82, 2.24) is 0 Å². The smallest absolute Gasteiger partial charge is 0.200 e. The maximum atomic E-state index is 12.3. The molecule has 2 aromatic rings. The molecule has 0 saturated carbocycles. The van der Waals surface area contributed by atoms with Gasteiger partial charge in [0.15, 0.2) is 12.4 Å². The van der Waals surface area contributed by atoms with Gasteiger partial charge in [-0.05, 0) is 67.6 Å². The van der Waals surface area contributed by atoms with Crippen molar-refractivity contribution in [2.24, 2.45) is 0 Å². The molecule has 0 aromatic heterocycles. The van der Waals surface area contributed by atoms with Crippen molar-refractivity contribution >= 4 is 5.78 Å². The molecule has 0 radical (unpaired) electrons. The minimum Gasteiger partial charge on any atom is -0.485 e. The molecular formula is C19H22O2. The lowest BCUT2D eigenvalue weighted by Crippen LogP contribution is -2.13. The summed E-state index contributed by atoms with van der Waals surface area (Å²) in [6.07, 6.45) is 0.960. The summed E-state index contributed by atoms with van der Waals surface area (Å²) in [4.78, 5) is 12.3. The van der Waals surface area contributed by atoms with E-state index in [1.807, 2.05) is 38.1 Å². The van der Waals surface area contributed by atoms with Crippen molar-refractivity contribution in [3.05, 3.63) is 64.2 Å². The van der Waals surface area contributed by atoms with E-state index in [1.165, 1.54) is 11.1 Å². The normalized spacial score (nSPS) is 10.5. The van der Waals surface area contributed by atoms with Crippen LogP contribution in [0.15, 0.2) is 36.4 Å². The van der Waals surface area contributed by atoms with Crippen molar-refractivity contribution in [3.8, 4) is 5.75 Å². The summed E-state index contributed by atoms with van der Waals surface area (Å²) in [6.45, 7) is 8.23. The summed E-state index contributed by atoms with van der Waals surface area (Å²) in [7, 11) is 0. The van der Waals surface area contributed by atoms with Gasteiger partial charge in [0.1, 0.15) is 5.75 Å². The molecule has 0 aliphatic heterocycles. The summed E-state index contributed by atoms with van der Waals surface area (Å²) in [5.74, 6) is 0.779. The van der Waals surface area contributed by atoms with E-state index in [2.05, 4.69) is 26.0 Å². The van der Waals surface area contributed by atoms with E-state index >= 15 is 0 Å². The van der Waals surface area contributed by atoms with E-state index in [9.17, 15) is 4.79 Å². The predicted molar refractivity (Wildman–Crippen MR) is 86.3 cm³/mol. The third kappa shape index (κ3) is 3.72. The van der Waals surface area contributed by atoms with E-state index < -0.39 is 0 Å². The summed E-state index contributed by atoms with van der Waals surface area (Å²) in [5, 5.41) is 0. The third-order valence-electron chi connectivity index (χ3n) is 3.82. The van der Waals surface area contributed by atoms with Crippen molar-refractivity contribution in [2.45, 2.75) is 34.1 Å². The second-order valence-corrected chi connectivity index (χ2v) is 5.46. The highest BCUT2D eigenvalue weighted by Gasteiger charge is 2.11. The van der Waals surface area contributed by atoms with Crippen LogP contribution in [-0.2, 0) is 6.42 Å². The number of Topliss-reactive ketones (excluding diaryl/α,β-unsaturated/α-hetero) is 1. The molecule has 2 nitrogen and oxygen atoms in total. The van der Waals surface area contributed by atoms with Crippen LogP contribution in [0, 0.1) is 20.8 Å². The molecule has 0 fully saturated rings. The van der Waals surface area contributed by atoms with Crippen LogP contribution in [0.3, 0.4) is 0 Å². The molecule has 0 unspecified atom stereocenters. The number of carbonyl (C=O) groups excluding carboxylic acids is 1. The summed E-state index contributed by atoms with van der Waals surface area (Å²) in [6, 6.07) is 11.9. The molecule has 110 valence electrons. The molecular weight excluding hydrogens is 260 g/mol. The van der Waals surface area contributed by atoms with Crippen molar-refractivity contribution in [1.29, 1.82) is 0 Å². The van der Waals surface area contributed by atoms with Crippen molar-refractivity contribution in [2.75, 3.05) is 6.61 Å². The number of benzene rings is 2. The van der Waals surface area contributed by atoms with Gasteiger partial charge in [-0.2, -0.15) is 0 Å². The summed E-state index contributed by atoms with van der Waals surface area (Å²) >= 11 is 0. The Morgan fingerprint density at radius 1 is 1.00 bits per heavy atom. The lowest BCUT2D eigenvalue weighted by atomic mass is 9.98. The van der Waals surface area contributed by atoms with Crippen LogP contribution >= 0.6 is 0 Å². The standard InChI is InChI=1S/C19H22O2/c1-5-16-7-6-8-17(11-16)21-12-19(20)18-10-14(3)13(2)9-15(18)4/h6-11H,5,12H2,1-4H3. The second-order valence-electron chi connectivity index (χ2n) is 5.46. The first-order valence-corrected chi connectivity index (χ1v) is 7.34. The zero-order valence-electron chi connectivity index (χ0n) is 13.2. The molecule has 0 spiro atoms. The number of ether oxygens (including phenoxy) is 1. The first kappa shape index (κ1) is 15.3. The van der Waals surface area contributed by atoms with Crippen LogP contribution in [0.2, 0.25) is 0 Å². The zero-order chi connectivity index (χ0) is 15.4. The van der Waals surface area contributed by atoms with Crippen LogP contribution in [0.1, 0.15) is 39.5 Å². The van der Waals surface area contributed by atoms with Gasteiger partial charge in [0, 0.05) is 5.56 Å². The molecule has 0 aliphatic carbocycles. The van der Waals surface area contributed by atoms with E-state index in [0.29, 0.717) is 0 Å². The van der Waals surface area contributed by atoms with E-state index in [-0.39, 0.29) is 12.4 Å². The van der Waals surface area contributed by atoms with Crippen LogP contribution < -0.4 is 4.74 Å². The number of ketones is 1. The average Bonchev–Trinajstić information content (AvgIpc) is 2.48. The second kappa shape index (κ2) is 6.57. The number of rotatable bonds is 5. The summed E-state index contributed by atoms with van der Waals surface area (Å²) < 4.78 is 5.64. The predicted octanol–water partition coefficient (Wildman–Crippen LogP) is 4.44. The van der Waals surface area contributed by atoms with Gasteiger partial charge in [0.05, 0.1) is 0 Å². The molecule has 2 heteroatoms. The van der Waals surface area contributed by atoms with E-state index in [0.717, 1.165) is 28.9 Å². The molecule has 0 aliphatic rings. The van der Waals surface area contributed by atoms with Gasteiger partial charge in [-0.15, -0.1) is 0 Å². The van der Waals surface area contributed by atoms with Crippen LogP contribution in [0.4, 0.5) is 0 Å². The number of carbonyl (C=O) groups is 1. The van der Waals surface area contributed by atoms with Crippen LogP contribution in [-0.4, -0.2) is 12.4 Å². The molecule has 0 amide bonds. The Bertz CT molecular complexity index is 657. The highest BCUT2D eigenvalue weighted by molar-refractivity contribution is 5.98. The highest BCUT2D eigenvalue weighted by Crippen LogP contribution is 2.18. The Morgan fingerprint density at radius 2 is 1.71 bits per heavy atom.